The predicted molar refractivity (Wildman–Crippen MR) is 101 cm³/mol. The van der Waals surface area contributed by atoms with Crippen LogP contribution in [-0.2, 0) is 11.3 Å². The number of hydrogen-bond donors (Lipinski definition) is 1. The largest absolute Gasteiger partial charge is 0.380 e. The van der Waals surface area contributed by atoms with Gasteiger partial charge in [-0.3, -0.25) is 14.6 Å². The number of anilines is 1. The van der Waals surface area contributed by atoms with Crippen LogP contribution >= 0.6 is 0 Å². The lowest BCUT2D eigenvalue weighted by Gasteiger charge is -2.34. The van der Waals surface area contributed by atoms with Crippen molar-refractivity contribution < 1.29 is 9.59 Å². The molecule has 0 saturated carbocycles. The summed E-state index contributed by atoms with van der Waals surface area (Å²) >= 11 is 0. The van der Waals surface area contributed by atoms with Gasteiger partial charge in [0.15, 0.2) is 0 Å². The summed E-state index contributed by atoms with van der Waals surface area (Å²) in [6.45, 7) is 6.60. The summed E-state index contributed by atoms with van der Waals surface area (Å²) in [6, 6.07) is 10.0. The summed E-state index contributed by atoms with van der Waals surface area (Å²) in [5.74, 6) is 0.0152. The standard InChI is InChI=1S/C20H24N4O2/c1-15-5-3-4-6-17(15)13-22-19-11-18(12-21-14-19)20(26)24-9-7-23(8-10-24)16(2)25/h3-6,11-12,14,22H,7-10,13H2,1-2H3. The molecule has 1 aromatic carbocycles. The van der Waals surface area contributed by atoms with E-state index in [0.29, 0.717) is 38.3 Å². The molecule has 26 heavy (non-hydrogen) atoms. The highest BCUT2D eigenvalue weighted by molar-refractivity contribution is 5.95. The zero-order valence-electron chi connectivity index (χ0n) is 15.2. The Bertz CT molecular complexity index is 798. The summed E-state index contributed by atoms with van der Waals surface area (Å²) in [5, 5.41) is 3.34. The Morgan fingerprint density at radius 2 is 1.77 bits per heavy atom. The Hall–Kier alpha value is -2.89. The maximum Gasteiger partial charge on any atom is 0.255 e. The fraction of sp³-hybridized carbons (Fsp3) is 0.350. The first-order valence-corrected chi connectivity index (χ1v) is 8.83. The number of amides is 2. The van der Waals surface area contributed by atoms with Crippen LogP contribution in [0.2, 0.25) is 0 Å². The molecular formula is C20H24N4O2. The molecule has 0 spiro atoms. The number of carbonyl (C=O) groups is 2. The first-order chi connectivity index (χ1) is 12.5. The number of nitrogens with one attached hydrogen (secondary N) is 1. The molecule has 0 aliphatic carbocycles. The maximum atomic E-state index is 12.7. The molecule has 0 bridgehead atoms. The lowest BCUT2D eigenvalue weighted by molar-refractivity contribution is -0.130. The van der Waals surface area contributed by atoms with E-state index < -0.39 is 0 Å². The minimum Gasteiger partial charge on any atom is -0.380 e. The molecule has 0 radical (unpaired) electrons. The number of benzene rings is 1. The molecular weight excluding hydrogens is 328 g/mol. The number of pyridine rings is 1. The smallest absolute Gasteiger partial charge is 0.255 e. The van der Waals surface area contributed by atoms with E-state index in [1.807, 2.05) is 18.2 Å². The first kappa shape index (κ1) is 17.9. The van der Waals surface area contributed by atoms with Crippen LogP contribution in [-0.4, -0.2) is 52.8 Å². The zero-order chi connectivity index (χ0) is 18.5. The lowest BCUT2D eigenvalue weighted by Crippen LogP contribution is -2.50. The molecule has 136 valence electrons. The quantitative estimate of drug-likeness (QED) is 0.917. The third kappa shape index (κ3) is 4.20. The van der Waals surface area contributed by atoms with Gasteiger partial charge in [0.25, 0.3) is 5.91 Å². The molecule has 0 atom stereocenters. The number of piperazine rings is 1. The molecule has 2 aromatic rings. The second kappa shape index (κ2) is 7.99. The van der Waals surface area contributed by atoms with Gasteiger partial charge in [-0.1, -0.05) is 24.3 Å². The van der Waals surface area contributed by atoms with Crippen molar-refractivity contribution in [1.29, 1.82) is 0 Å². The number of rotatable bonds is 4. The maximum absolute atomic E-state index is 12.7. The fourth-order valence-corrected chi connectivity index (χ4v) is 3.07. The Kier molecular flexibility index (Phi) is 5.51. The molecule has 1 saturated heterocycles. The third-order valence-corrected chi connectivity index (χ3v) is 4.74. The van der Waals surface area contributed by atoms with Crippen molar-refractivity contribution in [2.24, 2.45) is 0 Å². The minimum absolute atomic E-state index is 0.0414. The lowest BCUT2D eigenvalue weighted by atomic mass is 10.1. The molecule has 1 fully saturated rings. The molecule has 1 aliphatic heterocycles. The van der Waals surface area contributed by atoms with Crippen molar-refractivity contribution in [3.05, 3.63) is 59.4 Å². The van der Waals surface area contributed by atoms with E-state index in [9.17, 15) is 9.59 Å². The van der Waals surface area contributed by atoms with Crippen LogP contribution in [0.3, 0.4) is 0 Å². The van der Waals surface area contributed by atoms with Crippen LogP contribution in [0.4, 0.5) is 5.69 Å². The van der Waals surface area contributed by atoms with Crippen LogP contribution in [0.1, 0.15) is 28.4 Å². The Morgan fingerprint density at radius 1 is 1.08 bits per heavy atom. The average molecular weight is 352 g/mol. The number of carbonyl (C=O) groups excluding carboxylic acids is 2. The summed E-state index contributed by atoms with van der Waals surface area (Å²) < 4.78 is 0. The number of aromatic nitrogens is 1. The predicted octanol–water partition coefficient (Wildman–Crippen LogP) is 2.31. The molecule has 2 amide bonds. The Labute approximate surface area is 153 Å². The molecule has 1 aliphatic rings. The van der Waals surface area contributed by atoms with Crippen molar-refractivity contribution in [3.63, 3.8) is 0 Å². The zero-order valence-corrected chi connectivity index (χ0v) is 15.2. The van der Waals surface area contributed by atoms with Crippen molar-refractivity contribution in [1.82, 2.24) is 14.8 Å². The van der Waals surface area contributed by atoms with E-state index in [-0.39, 0.29) is 11.8 Å². The summed E-state index contributed by atoms with van der Waals surface area (Å²) in [6.07, 6.45) is 3.32. The normalized spacial score (nSPS) is 14.2. The topological polar surface area (TPSA) is 65.5 Å². The van der Waals surface area contributed by atoms with Gasteiger partial charge in [0.05, 0.1) is 11.3 Å². The van der Waals surface area contributed by atoms with Gasteiger partial charge in [-0.25, -0.2) is 0 Å². The van der Waals surface area contributed by atoms with Gasteiger partial charge in [-0.15, -0.1) is 0 Å². The Morgan fingerprint density at radius 3 is 2.46 bits per heavy atom. The molecule has 1 aromatic heterocycles. The first-order valence-electron chi connectivity index (χ1n) is 8.83. The van der Waals surface area contributed by atoms with Gasteiger partial charge in [0.1, 0.15) is 0 Å². The van der Waals surface area contributed by atoms with Crippen molar-refractivity contribution in [2.75, 3.05) is 31.5 Å². The van der Waals surface area contributed by atoms with Crippen LogP contribution in [0.25, 0.3) is 0 Å². The SMILES string of the molecule is CC(=O)N1CCN(C(=O)c2cncc(NCc3ccccc3C)c2)CC1. The van der Waals surface area contributed by atoms with Crippen molar-refractivity contribution >= 4 is 17.5 Å². The van der Waals surface area contributed by atoms with Gasteiger partial charge >= 0.3 is 0 Å². The van der Waals surface area contributed by atoms with E-state index >= 15 is 0 Å². The van der Waals surface area contributed by atoms with Gasteiger partial charge in [0.2, 0.25) is 5.91 Å². The summed E-state index contributed by atoms with van der Waals surface area (Å²) in [4.78, 5) is 31.9. The van der Waals surface area contributed by atoms with E-state index in [1.54, 1.807) is 29.1 Å². The highest BCUT2D eigenvalue weighted by Crippen LogP contribution is 2.15. The number of hydrogen-bond acceptors (Lipinski definition) is 4. The molecule has 1 N–H and O–H groups in total. The molecule has 6 nitrogen and oxygen atoms in total. The van der Waals surface area contributed by atoms with Gasteiger partial charge in [0, 0.05) is 52.0 Å². The van der Waals surface area contributed by atoms with Crippen LogP contribution in [0.5, 0.6) is 0 Å². The van der Waals surface area contributed by atoms with E-state index in [1.165, 1.54) is 11.1 Å². The fourth-order valence-electron chi connectivity index (χ4n) is 3.07. The van der Waals surface area contributed by atoms with Crippen LogP contribution in [0.15, 0.2) is 42.7 Å². The Balaban J connectivity index is 1.63. The highest BCUT2D eigenvalue weighted by Gasteiger charge is 2.23. The van der Waals surface area contributed by atoms with E-state index in [2.05, 4.69) is 29.4 Å². The molecule has 6 heteroatoms. The molecule has 2 heterocycles. The van der Waals surface area contributed by atoms with Crippen molar-refractivity contribution in [3.8, 4) is 0 Å². The molecule has 0 unspecified atom stereocenters. The van der Waals surface area contributed by atoms with Crippen molar-refractivity contribution in [2.45, 2.75) is 20.4 Å². The second-order valence-electron chi connectivity index (χ2n) is 6.54. The highest BCUT2D eigenvalue weighted by atomic mass is 16.2. The van der Waals surface area contributed by atoms with Crippen LogP contribution < -0.4 is 5.32 Å². The summed E-state index contributed by atoms with van der Waals surface area (Å²) in [5.41, 5.74) is 3.82. The van der Waals surface area contributed by atoms with Crippen LogP contribution in [0, 0.1) is 6.92 Å². The monoisotopic (exact) mass is 352 g/mol. The van der Waals surface area contributed by atoms with Gasteiger partial charge in [-0.05, 0) is 24.1 Å². The minimum atomic E-state index is -0.0414. The molecule has 3 rings (SSSR count). The van der Waals surface area contributed by atoms with Gasteiger partial charge in [-0.2, -0.15) is 0 Å². The van der Waals surface area contributed by atoms with E-state index in [0.717, 1.165) is 5.69 Å². The summed E-state index contributed by atoms with van der Waals surface area (Å²) in [7, 11) is 0. The second-order valence-corrected chi connectivity index (χ2v) is 6.54. The van der Waals surface area contributed by atoms with Gasteiger partial charge < -0.3 is 15.1 Å². The number of aryl methyl sites for hydroxylation is 1. The van der Waals surface area contributed by atoms with E-state index in [4.69, 9.17) is 0 Å². The number of nitrogens with zero attached hydrogens (tertiary/aromatic N) is 3. The third-order valence-electron chi connectivity index (χ3n) is 4.74. The average Bonchev–Trinajstić information content (AvgIpc) is 2.67.